The van der Waals surface area contributed by atoms with Gasteiger partial charge in [-0.3, -0.25) is 9.69 Å². The Morgan fingerprint density at radius 3 is 2.58 bits per heavy atom. The van der Waals surface area contributed by atoms with Gasteiger partial charge in [-0.15, -0.1) is 0 Å². The monoisotopic (exact) mass is 358 g/mol. The first-order chi connectivity index (χ1) is 12.5. The second kappa shape index (κ2) is 9.79. The maximum atomic E-state index is 11.6. The minimum Gasteiger partial charge on any atom is -0.497 e. The second-order valence-corrected chi connectivity index (χ2v) is 7.18. The molecule has 0 saturated carbocycles. The van der Waals surface area contributed by atoms with Crippen molar-refractivity contribution < 1.29 is 14.6 Å². The highest BCUT2D eigenvalue weighted by atomic mass is 16.5. The highest BCUT2D eigenvalue weighted by Crippen LogP contribution is 2.25. The number of rotatable bonds is 10. The summed E-state index contributed by atoms with van der Waals surface area (Å²) < 4.78 is 5.20. The topological polar surface area (TPSA) is 75.8 Å². The van der Waals surface area contributed by atoms with Crippen molar-refractivity contribution in [3.05, 3.63) is 35.9 Å². The van der Waals surface area contributed by atoms with Gasteiger partial charge >= 0.3 is 5.97 Å². The molecule has 6 heteroatoms. The molecule has 0 saturated heterocycles. The van der Waals surface area contributed by atoms with Gasteiger partial charge in [-0.2, -0.15) is 0 Å². The van der Waals surface area contributed by atoms with E-state index in [1.54, 1.807) is 7.11 Å². The zero-order valence-electron chi connectivity index (χ0n) is 16.0. The van der Waals surface area contributed by atoms with Crippen LogP contribution < -0.4 is 10.5 Å². The summed E-state index contributed by atoms with van der Waals surface area (Å²) in [7, 11) is 3.78. The van der Waals surface area contributed by atoms with E-state index in [4.69, 9.17) is 10.5 Å². The van der Waals surface area contributed by atoms with E-state index in [1.165, 1.54) is 11.1 Å². The lowest BCUT2D eigenvalue weighted by Gasteiger charge is -2.31. The van der Waals surface area contributed by atoms with Gasteiger partial charge < -0.3 is 15.6 Å². The number of carboxylic acid groups (broad SMARTS) is 1. The SMILES string of the molecule is BCCCCC(N)(CCN1CC=C(c2ccc(OC)cc2)CC1)C(=O)O. The first-order valence-electron chi connectivity index (χ1n) is 9.56. The fourth-order valence-electron chi connectivity index (χ4n) is 3.37. The maximum absolute atomic E-state index is 11.6. The summed E-state index contributed by atoms with van der Waals surface area (Å²) >= 11 is 0. The third-order valence-corrected chi connectivity index (χ3v) is 5.28. The van der Waals surface area contributed by atoms with Gasteiger partial charge in [0.05, 0.1) is 7.11 Å². The number of nitrogens with two attached hydrogens (primary N) is 1. The summed E-state index contributed by atoms with van der Waals surface area (Å²) in [5, 5.41) is 9.53. The van der Waals surface area contributed by atoms with Crippen LogP contribution in [0.4, 0.5) is 0 Å². The van der Waals surface area contributed by atoms with Crippen LogP contribution in [0.3, 0.4) is 0 Å². The van der Waals surface area contributed by atoms with Crippen LogP contribution >= 0.6 is 0 Å². The molecule has 1 aliphatic heterocycles. The Morgan fingerprint density at radius 2 is 2.04 bits per heavy atom. The summed E-state index contributed by atoms with van der Waals surface area (Å²) in [5.41, 5.74) is 7.65. The molecule has 1 unspecified atom stereocenters. The summed E-state index contributed by atoms with van der Waals surface area (Å²) in [6.07, 6.45) is 7.23. The number of ether oxygens (including phenoxy) is 1. The minimum atomic E-state index is -1.10. The molecule has 2 rings (SSSR count). The summed E-state index contributed by atoms with van der Waals surface area (Å²) in [6.45, 7) is 2.50. The van der Waals surface area contributed by atoms with Crippen LogP contribution in [0.15, 0.2) is 30.3 Å². The molecule has 1 atom stereocenters. The number of carboxylic acids is 1. The summed E-state index contributed by atoms with van der Waals surface area (Å²) in [6, 6.07) is 8.13. The van der Waals surface area contributed by atoms with Crippen molar-refractivity contribution >= 4 is 19.4 Å². The van der Waals surface area contributed by atoms with E-state index < -0.39 is 11.5 Å². The first-order valence-corrected chi connectivity index (χ1v) is 9.56. The zero-order valence-corrected chi connectivity index (χ0v) is 16.0. The molecule has 26 heavy (non-hydrogen) atoms. The molecule has 3 N–H and O–H groups in total. The van der Waals surface area contributed by atoms with Gasteiger partial charge in [0.2, 0.25) is 0 Å². The lowest BCUT2D eigenvalue weighted by atomic mass is 9.87. The molecule has 142 valence electrons. The van der Waals surface area contributed by atoms with Gasteiger partial charge in [0, 0.05) is 19.6 Å². The van der Waals surface area contributed by atoms with Gasteiger partial charge in [0.25, 0.3) is 0 Å². The van der Waals surface area contributed by atoms with E-state index in [0.717, 1.165) is 51.0 Å². The zero-order chi connectivity index (χ0) is 19.0. The Hall–Kier alpha value is -1.79. The van der Waals surface area contributed by atoms with Crippen LogP contribution in [0.2, 0.25) is 6.32 Å². The van der Waals surface area contributed by atoms with E-state index in [-0.39, 0.29) is 0 Å². The molecule has 0 spiro atoms. The number of unbranched alkanes of at least 4 members (excludes halogenated alkanes) is 1. The molecular formula is C20H31BN2O3. The molecule has 1 heterocycles. The van der Waals surface area contributed by atoms with E-state index in [1.807, 2.05) is 12.1 Å². The number of aliphatic carboxylic acids is 1. The van der Waals surface area contributed by atoms with Crippen molar-refractivity contribution in [1.82, 2.24) is 4.90 Å². The predicted molar refractivity (Wildman–Crippen MR) is 108 cm³/mol. The molecule has 0 amide bonds. The average molecular weight is 358 g/mol. The number of nitrogens with zero attached hydrogens (tertiary/aromatic N) is 1. The van der Waals surface area contributed by atoms with Crippen molar-refractivity contribution in [2.75, 3.05) is 26.7 Å². The average Bonchev–Trinajstić information content (AvgIpc) is 2.67. The van der Waals surface area contributed by atoms with Gasteiger partial charge in [0.15, 0.2) is 0 Å². The van der Waals surface area contributed by atoms with Crippen LogP contribution in [-0.2, 0) is 4.79 Å². The molecule has 0 fully saturated rings. The van der Waals surface area contributed by atoms with Gasteiger partial charge in [-0.1, -0.05) is 37.4 Å². The first kappa shape index (κ1) is 20.5. The fourth-order valence-corrected chi connectivity index (χ4v) is 3.37. The van der Waals surface area contributed by atoms with Crippen LogP contribution in [0.1, 0.15) is 37.7 Å². The van der Waals surface area contributed by atoms with Crippen molar-refractivity contribution in [2.24, 2.45) is 5.73 Å². The Bertz CT molecular complexity index is 618. The van der Waals surface area contributed by atoms with Gasteiger partial charge in [-0.05, 0) is 42.5 Å². The lowest BCUT2D eigenvalue weighted by molar-refractivity contribution is -0.144. The largest absolute Gasteiger partial charge is 0.497 e. The smallest absolute Gasteiger partial charge is 0.323 e. The quantitative estimate of drug-likeness (QED) is 0.495. The maximum Gasteiger partial charge on any atom is 0.323 e. The van der Waals surface area contributed by atoms with Crippen LogP contribution in [0.5, 0.6) is 5.75 Å². The lowest BCUT2D eigenvalue weighted by Crippen LogP contribution is -2.50. The minimum absolute atomic E-state index is 0.498. The fraction of sp³-hybridized carbons (Fsp3) is 0.550. The molecule has 5 nitrogen and oxygen atoms in total. The standard InChI is InChI=1S/C20H31BN2O3/c1-26-18-6-4-16(5-7-18)17-8-13-23(14-9-17)15-11-20(22,19(24)25)10-2-3-12-21/h4-8H,2-3,9-15,21-22H2,1H3,(H,24,25). The molecule has 0 radical (unpaired) electrons. The molecular weight excluding hydrogens is 327 g/mol. The molecule has 1 aromatic carbocycles. The van der Waals surface area contributed by atoms with Crippen LogP contribution in [0, 0.1) is 0 Å². The Kier molecular flexibility index (Phi) is 7.73. The molecule has 1 aromatic rings. The molecule has 1 aliphatic rings. The number of hydrogen-bond donors (Lipinski definition) is 2. The van der Waals surface area contributed by atoms with E-state index in [0.29, 0.717) is 12.8 Å². The van der Waals surface area contributed by atoms with Gasteiger partial charge in [0.1, 0.15) is 19.1 Å². The summed E-state index contributed by atoms with van der Waals surface area (Å²) in [5.74, 6) is -0.0112. The highest BCUT2D eigenvalue weighted by Gasteiger charge is 2.33. The second-order valence-electron chi connectivity index (χ2n) is 7.18. The highest BCUT2D eigenvalue weighted by molar-refractivity contribution is 6.08. The van der Waals surface area contributed by atoms with Crippen molar-refractivity contribution in [2.45, 2.75) is 44.0 Å². The number of benzene rings is 1. The Morgan fingerprint density at radius 1 is 1.31 bits per heavy atom. The normalized spacial score (nSPS) is 17.4. The van der Waals surface area contributed by atoms with Crippen LogP contribution in [-0.4, -0.2) is 56.1 Å². The third-order valence-electron chi connectivity index (χ3n) is 5.28. The Balaban J connectivity index is 1.88. The summed E-state index contributed by atoms with van der Waals surface area (Å²) in [4.78, 5) is 13.9. The molecule has 0 bridgehead atoms. The number of methoxy groups -OCH3 is 1. The van der Waals surface area contributed by atoms with Gasteiger partial charge in [-0.25, -0.2) is 0 Å². The van der Waals surface area contributed by atoms with E-state index in [2.05, 4.69) is 31.0 Å². The molecule has 0 aromatic heterocycles. The van der Waals surface area contributed by atoms with Crippen molar-refractivity contribution in [1.29, 1.82) is 0 Å². The third kappa shape index (κ3) is 5.61. The van der Waals surface area contributed by atoms with Crippen LogP contribution in [0.25, 0.3) is 5.57 Å². The van der Waals surface area contributed by atoms with Crippen molar-refractivity contribution in [3.8, 4) is 5.75 Å². The number of carbonyl (C=O) groups is 1. The Labute approximate surface area is 157 Å². The molecule has 0 aliphatic carbocycles. The van der Waals surface area contributed by atoms with E-state index in [9.17, 15) is 9.90 Å². The predicted octanol–water partition coefficient (Wildman–Crippen LogP) is 2.18. The van der Waals surface area contributed by atoms with Crippen molar-refractivity contribution in [3.63, 3.8) is 0 Å². The van der Waals surface area contributed by atoms with E-state index >= 15 is 0 Å². The number of hydrogen-bond acceptors (Lipinski definition) is 4.